The van der Waals surface area contributed by atoms with Gasteiger partial charge in [-0.05, 0) is 50.3 Å². The van der Waals surface area contributed by atoms with Gasteiger partial charge in [0.2, 0.25) is 0 Å². The van der Waals surface area contributed by atoms with E-state index in [1.54, 1.807) is 6.07 Å². The monoisotopic (exact) mass is 248 g/mol. The summed E-state index contributed by atoms with van der Waals surface area (Å²) in [7, 11) is 1.91. The first-order chi connectivity index (χ1) is 8.79. The van der Waals surface area contributed by atoms with E-state index < -0.39 is 0 Å². The number of para-hydroxylation sites is 1. The summed E-state index contributed by atoms with van der Waals surface area (Å²) in [6.07, 6.45) is 5.08. The largest absolute Gasteiger partial charge is 0.366 e. The van der Waals surface area contributed by atoms with E-state index in [1.807, 2.05) is 19.2 Å². The zero-order valence-corrected chi connectivity index (χ0v) is 11.0. The van der Waals surface area contributed by atoms with Gasteiger partial charge >= 0.3 is 0 Å². The lowest BCUT2D eigenvalue weighted by atomic mass is 10.1. The van der Waals surface area contributed by atoms with Crippen molar-refractivity contribution in [2.24, 2.45) is 5.92 Å². The second-order valence-electron chi connectivity index (χ2n) is 5.60. The molecule has 0 unspecified atom stereocenters. The topological polar surface area (TPSA) is 15.3 Å². The van der Waals surface area contributed by atoms with Crippen molar-refractivity contribution in [1.29, 1.82) is 0 Å². The van der Waals surface area contributed by atoms with Gasteiger partial charge in [0.25, 0.3) is 0 Å². The number of hydrogen-bond acceptors (Lipinski definition) is 2. The van der Waals surface area contributed by atoms with Gasteiger partial charge in [0.1, 0.15) is 5.82 Å². The number of benzene rings is 1. The summed E-state index contributed by atoms with van der Waals surface area (Å²) >= 11 is 0. The van der Waals surface area contributed by atoms with E-state index in [9.17, 15) is 4.39 Å². The van der Waals surface area contributed by atoms with Crippen LogP contribution >= 0.6 is 0 Å². The first-order valence-corrected chi connectivity index (χ1v) is 6.98. The SMILES string of the molecule is CNCc1cccc(F)c1N(CC1CC1)C1CC1. The first-order valence-electron chi connectivity index (χ1n) is 6.98. The van der Waals surface area contributed by atoms with Gasteiger partial charge in [0.15, 0.2) is 0 Å². The van der Waals surface area contributed by atoms with Crippen LogP contribution in [0.25, 0.3) is 0 Å². The van der Waals surface area contributed by atoms with Gasteiger partial charge in [0, 0.05) is 19.1 Å². The Morgan fingerprint density at radius 1 is 1.28 bits per heavy atom. The summed E-state index contributed by atoms with van der Waals surface area (Å²) in [5.74, 6) is 0.739. The molecular weight excluding hydrogens is 227 g/mol. The molecule has 0 saturated heterocycles. The highest BCUT2D eigenvalue weighted by atomic mass is 19.1. The van der Waals surface area contributed by atoms with E-state index in [0.717, 1.165) is 30.3 Å². The maximum absolute atomic E-state index is 14.2. The van der Waals surface area contributed by atoms with E-state index in [1.165, 1.54) is 25.7 Å². The smallest absolute Gasteiger partial charge is 0.146 e. The summed E-state index contributed by atoms with van der Waals surface area (Å²) in [4.78, 5) is 2.33. The average molecular weight is 248 g/mol. The van der Waals surface area contributed by atoms with Gasteiger partial charge in [-0.25, -0.2) is 4.39 Å². The van der Waals surface area contributed by atoms with Crippen molar-refractivity contribution >= 4 is 5.69 Å². The molecule has 1 aromatic rings. The zero-order valence-electron chi connectivity index (χ0n) is 11.0. The number of anilines is 1. The molecule has 0 heterocycles. The molecule has 2 aliphatic rings. The Morgan fingerprint density at radius 3 is 2.67 bits per heavy atom. The quantitative estimate of drug-likeness (QED) is 0.832. The van der Waals surface area contributed by atoms with Crippen LogP contribution in [-0.4, -0.2) is 19.6 Å². The molecule has 2 nitrogen and oxygen atoms in total. The molecule has 2 saturated carbocycles. The molecular formula is C15H21FN2. The minimum Gasteiger partial charge on any atom is -0.366 e. The Bertz CT molecular complexity index is 425. The van der Waals surface area contributed by atoms with Crippen LogP contribution in [0.2, 0.25) is 0 Å². The van der Waals surface area contributed by atoms with E-state index in [2.05, 4.69) is 10.2 Å². The Hall–Kier alpha value is -1.09. The third-order valence-corrected chi connectivity index (χ3v) is 3.86. The Balaban J connectivity index is 1.90. The van der Waals surface area contributed by atoms with Gasteiger partial charge in [-0.2, -0.15) is 0 Å². The molecule has 2 aliphatic carbocycles. The lowest BCUT2D eigenvalue weighted by Gasteiger charge is -2.27. The number of halogens is 1. The summed E-state index contributed by atoms with van der Waals surface area (Å²) in [6, 6.07) is 6.03. The van der Waals surface area contributed by atoms with E-state index >= 15 is 0 Å². The fourth-order valence-corrected chi connectivity index (χ4v) is 2.60. The summed E-state index contributed by atoms with van der Waals surface area (Å²) < 4.78 is 14.2. The fraction of sp³-hybridized carbons (Fsp3) is 0.600. The molecule has 3 heteroatoms. The molecule has 3 rings (SSSR count). The Morgan fingerprint density at radius 2 is 2.06 bits per heavy atom. The Labute approximate surface area is 108 Å². The van der Waals surface area contributed by atoms with Gasteiger partial charge in [-0.3, -0.25) is 0 Å². The van der Waals surface area contributed by atoms with Crippen LogP contribution in [0.4, 0.5) is 10.1 Å². The molecule has 0 spiro atoms. The van der Waals surface area contributed by atoms with Crippen molar-refractivity contribution in [3.63, 3.8) is 0 Å². The molecule has 0 aromatic heterocycles. The van der Waals surface area contributed by atoms with E-state index in [0.29, 0.717) is 6.04 Å². The highest BCUT2D eigenvalue weighted by Gasteiger charge is 2.35. The first kappa shape index (κ1) is 12.0. The summed E-state index contributed by atoms with van der Waals surface area (Å²) in [5, 5.41) is 3.14. The molecule has 18 heavy (non-hydrogen) atoms. The Kier molecular flexibility index (Phi) is 3.25. The van der Waals surface area contributed by atoms with Crippen molar-refractivity contribution in [1.82, 2.24) is 5.32 Å². The highest BCUT2D eigenvalue weighted by Crippen LogP contribution is 2.39. The molecule has 2 fully saturated rings. The molecule has 0 bridgehead atoms. The third-order valence-electron chi connectivity index (χ3n) is 3.86. The normalized spacial score (nSPS) is 19.0. The van der Waals surface area contributed by atoms with Crippen molar-refractivity contribution in [2.75, 3.05) is 18.5 Å². The average Bonchev–Trinajstić information content (AvgIpc) is 3.22. The van der Waals surface area contributed by atoms with Crippen LogP contribution in [0, 0.1) is 11.7 Å². The summed E-state index contributed by atoms with van der Waals surface area (Å²) in [6.45, 7) is 1.78. The summed E-state index contributed by atoms with van der Waals surface area (Å²) in [5.41, 5.74) is 1.94. The van der Waals surface area contributed by atoms with Crippen molar-refractivity contribution < 1.29 is 4.39 Å². The van der Waals surface area contributed by atoms with Gasteiger partial charge in [0.05, 0.1) is 5.69 Å². The predicted molar refractivity (Wildman–Crippen MR) is 72.3 cm³/mol. The lowest BCUT2D eigenvalue weighted by molar-refractivity contribution is 0.603. The van der Waals surface area contributed by atoms with E-state index in [4.69, 9.17) is 0 Å². The van der Waals surface area contributed by atoms with Crippen LogP contribution in [0.3, 0.4) is 0 Å². The highest BCUT2D eigenvalue weighted by molar-refractivity contribution is 5.56. The lowest BCUT2D eigenvalue weighted by Crippen LogP contribution is -2.30. The van der Waals surface area contributed by atoms with Crippen molar-refractivity contribution in [2.45, 2.75) is 38.3 Å². The van der Waals surface area contributed by atoms with Crippen LogP contribution in [0.5, 0.6) is 0 Å². The zero-order chi connectivity index (χ0) is 12.5. The van der Waals surface area contributed by atoms with Crippen LogP contribution in [-0.2, 0) is 6.54 Å². The van der Waals surface area contributed by atoms with Crippen LogP contribution in [0.1, 0.15) is 31.2 Å². The van der Waals surface area contributed by atoms with Gasteiger partial charge in [-0.1, -0.05) is 12.1 Å². The number of nitrogens with zero attached hydrogens (tertiary/aromatic N) is 1. The minimum atomic E-state index is -0.0599. The molecule has 0 amide bonds. The molecule has 1 N–H and O–H groups in total. The second-order valence-corrected chi connectivity index (χ2v) is 5.60. The molecule has 1 aromatic carbocycles. The van der Waals surface area contributed by atoms with E-state index in [-0.39, 0.29) is 5.82 Å². The maximum atomic E-state index is 14.2. The van der Waals surface area contributed by atoms with Gasteiger partial charge < -0.3 is 10.2 Å². The van der Waals surface area contributed by atoms with Crippen molar-refractivity contribution in [3.8, 4) is 0 Å². The predicted octanol–water partition coefficient (Wildman–Crippen LogP) is 2.92. The van der Waals surface area contributed by atoms with Gasteiger partial charge in [-0.15, -0.1) is 0 Å². The fourth-order valence-electron chi connectivity index (χ4n) is 2.60. The molecule has 0 atom stereocenters. The number of hydrogen-bond donors (Lipinski definition) is 1. The van der Waals surface area contributed by atoms with Crippen molar-refractivity contribution in [3.05, 3.63) is 29.6 Å². The maximum Gasteiger partial charge on any atom is 0.146 e. The minimum absolute atomic E-state index is 0.0599. The third kappa shape index (κ3) is 2.51. The molecule has 0 aliphatic heterocycles. The number of rotatable bonds is 6. The van der Waals surface area contributed by atoms with Crippen LogP contribution < -0.4 is 10.2 Å². The second kappa shape index (κ2) is 4.88. The van der Waals surface area contributed by atoms with Crippen LogP contribution in [0.15, 0.2) is 18.2 Å². The molecule has 98 valence electrons. The standard InChI is InChI=1S/C15H21FN2/c1-17-9-12-3-2-4-14(16)15(12)18(13-7-8-13)10-11-5-6-11/h2-4,11,13,17H,5-10H2,1H3. The number of nitrogens with one attached hydrogen (secondary N) is 1. The molecule has 0 radical (unpaired) electrons.